The molecule has 3 aliphatic rings. The van der Waals surface area contributed by atoms with Crippen LogP contribution in [-0.4, -0.2) is 42.5 Å². The third kappa shape index (κ3) is 4.86. The minimum atomic E-state index is 0.769. The van der Waals surface area contributed by atoms with Gasteiger partial charge in [-0.15, -0.1) is 6.58 Å². The molecule has 2 heteroatoms. The molecule has 1 saturated carbocycles. The lowest BCUT2D eigenvalue weighted by molar-refractivity contribution is 0.140. The molecular formula is C22H34N2. The summed E-state index contributed by atoms with van der Waals surface area (Å²) in [7, 11) is 0. The first-order valence-corrected chi connectivity index (χ1v) is 9.86. The number of rotatable bonds is 6. The first-order valence-electron chi connectivity index (χ1n) is 9.86. The number of piperidine rings is 1. The second-order valence-electron chi connectivity index (χ2n) is 7.94. The van der Waals surface area contributed by atoms with Gasteiger partial charge in [0, 0.05) is 19.6 Å². The van der Waals surface area contributed by atoms with Gasteiger partial charge in [-0.05, 0) is 87.2 Å². The number of hydrogen-bond acceptors (Lipinski definition) is 2. The average Bonchev–Trinajstić information content (AvgIpc) is 2.65. The van der Waals surface area contributed by atoms with Crippen LogP contribution in [0, 0.1) is 17.8 Å². The molecule has 0 bridgehead atoms. The van der Waals surface area contributed by atoms with Crippen molar-refractivity contribution in [1.82, 2.24) is 9.80 Å². The number of hydrogen-bond donors (Lipinski definition) is 0. The predicted octanol–water partition coefficient (Wildman–Crippen LogP) is 4.63. The van der Waals surface area contributed by atoms with Crippen LogP contribution in [-0.2, 0) is 0 Å². The van der Waals surface area contributed by atoms with Crippen LogP contribution in [0.3, 0.4) is 0 Å². The van der Waals surface area contributed by atoms with Crippen molar-refractivity contribution in [2.45, 2.75) is 38.5 Å². The third-order valence-electron chi connectivity index (χ3n) is 6.22. The zero-order chi connectivity index (χ0) is 16.8. The summed E-state index contributed by atoms with van der Waals surface area (Å²) in [5, 5.41) is 0. The standard InChI is InChI=1S/C22H34N2/c1-3-19-9-13-23(14-10-19)17-21-5-7-22(8-6-21)18-24-15-11-20(4-2)12-16-24/h3-4,9-10,13,20-22H,1-2,5-8,11-12,14-18H2. The Morgan fingerprint density at radius 1 is 0.958 bits per heavy atom. The van der Waals surface area contributed by atoms with E-state index in [2.05, 4.69) is 47.4 Å². The molecule has 2 aliphatic heterocycles. The molecule has 24 heavy (non-hydrogen) atoms. The maximum atomic E-state index is 3.95. The molecule has 0 amide bonds. The zero-order valence-electron chi connectivity index (χ0n) is 15.2. The Morgan fingerprint density at radius 2 is 1.62 bits per heavy atom. The highest BCUT2D eigenvalue weighted by Crippen LogP contribution is 2.31. The molecule has 0 spiro atoms. The van der Waals surface area contributed by atoms with Crippen LogP contribution in [0.1, 0.15) is 38.5 Å². The minimum absolute atomic E-state index is 0.769. The van der Waals surface area contributed by atoms with E-state index in [1.165, 1.54) is 70.3 Å². The van der Waals surface area contributed by atoms with Gasteiger partial charge in [0.1, 0.15) is 0 Å². The van der Waals surface area contributed by atoms with Gasteiger partial charge in [0.25, 0.3) is 0 Å². The molecule has 0 radical (unpaired) electrons. The topological polar surface area (TPSA) is 6.48 Å². The van der Waals surface area contributed by atoms with Crippen LogP contribution in [0.2, 0.25) is 0 Å². The van der Waals surface area contributed by atoms with Crippen LogP contribution in [0.4, 0.5) is 0 Å². The Hall–Kier alpha value is -1.28. The van der Waals surface area contributed by atoms with E-state index in [0.717, 1.165) is 24.3 Å². The molecule has 0 aromatic rings. The molecular weight excluding hydrogens is 292 g/mol. The van der Waals surface area contributed by atoms with Crippen molar-refractivity contribution in [2.75, 3.05) is 32.7 Å². The highest BCUT2D eigenvalue weighted by atomic mass is 15.1. The first-order chi connectivity index (χ1) is 11.8. The Morgan fingerprint density at radius 3 is 2.17 bits per heavy atom. The van der Waals surface area contributed by atoms with Gasteiger partial charge in [-0.25, -0.2) is 0 Å². The fourth-order valence-corrected chi connectivity index (χ4v) is 4.49. The van der Waals surface area contributed by atoms with E-state index in [1.807, 2.05) is 6.08 Å². The van der Waals surface area contributed by atoms with E-state index in [4.69, 9.17) is 0 Å². The van der Waals surface area contributed by atoms with Crippen LogP contribution < -0.4 is 0 Å². The normalized spacial score (nSPS) is 29.3. The first kappa shape index (κ1) is 17.5. The molecule has 3 rings (SSSR count). The smallest absolute Gasteiger partial charge is 0.0362 e. The lowest BCUT2D eigenvalue weighted by Gasteiger charge is -2.37. The van der Waals surface area contributed by atoms with E-state index in [9.17, 15) is 0 Å². The van der Waals surface area contributed by atoms with E-state index in [1.54, 1.807) is 0 Å². The highest BCUT2D eigenvalue weighted by Gasteiger charge is 2.25. The molecule has 2 heterocycles. The highest BCUT2D eigenvalue weighted by molar-refractivity contribution is 5.31. The van der Waals surface area contributed by atoms with Gasteiger partial charge >= 0.3 is 0 Å². The second-order valence-corrected chi connectivity index (χ2v) is 7.94. The van der Waals surface area contributed by atoms with Crippen molar-refractivity contribution < 1.29 is 0 Å². The van der Waals surface area contributed by atoms with Gasteiger partial charge < -0.3 is 9.80 Å². The average molecular weight is 327 g/mol. The Labute approximate surface area is 148 Å². The second kappa shape index (κ2) is 8.71. The van der Waals surface area contributed by atoms with E-state index in [-0.39, 0.29) is 0 Å². The van der Waals surface area contributed by atoms with Gasteiger partial charge in [-0.1, -0.05) is 24.8 Å². The molecule has 2 fully saturated rings. The quantitative estimate of drug-likeness (QED) is 0.657. The van der Waals surface area contributed by atoms with Crippen molar-refractivity contribution in [3.63, 3.8) is 0 Å². The number of allylic oxidation sites excluding steroid dienone is 4. The fraction of sp³-hybridized carbons (Fsp3) is 0.636. The molecule has 0 aromatic carbocycles. The van der Waals surface area contributed by atoms with E-state index < -0.39 is 0 Å². The Balaban J connectivity index is 1.34. The van der Waals surface area contributed by atoms with Gasteiger partial charge in [0.05, 0.1) is 0 Å². The lowest BCUT2D eigenvalue weighted by Crippen LogP contribution is -2.38. The zero-order valence-corrected chi connectivity index (χ0v) is 15.2. The number of nitrogens with zero attached hydrogens (tertiary/aromatic N) is 2. The van der Waals surface area contributed by atoms with Crippen molar-refractivity contribution in [1.29, 1.82) is 0 Å². The maximum absolute atomic E-state index is 3.95. The summed E-state index contributed by atoms with van der Waals surface area (Å²) in [6.45, 7) is 14.0. The van der Waals surface area contributed by atoms with Crippen LogP contribution in [0.15, 0.2) is 49.2 Å². The molecule has 1 saturated heterocycles. The van der Waals surface area contributed by atoms with Crippen molar-refractivity contribution >= 4 is 0 Å². The fourth-order valence-electron chi connectivity index (χ4n) is 4.49. The molecule has 0 atom stereocenters. The van der Waals surface area contributed by atoms with Gasteiger partial charge in [-0.2, -0.15) is 0 Å². The predicted molar refractivity (Wildman–Crippen MR) is 104 cm³/mol. The molecule has 0 aromatic heterocycles. The molecule has 132 valence electrons. The van der Waals surface area contributed by atoms with Gasteiger partial charge in [0.15, 0.2) is 0 Å². The summed E-state index contributed by atoms with van der Waals surface area (Å²) in [4.78, 5) is 5.18. The van der Waals surface area contributed by atoms with Crippen LogP contribution in [0.5, 0.6) is 0 Å². The minimum Gasteiger partial charge on any atom is -0.373 e. The summed E-state index contributed by atoms with van der Waals surface area (Å²) in [6, 6.07) is 0. The van der Waals surface area contributed by atoms with E-state index in [0.29, 0.717) is 0 Å². The Kier molecular flexibility index (Phi) is 6.37. The summed E-state index contributed by atoms with van der Waals surface area (Å²) in [5.74, 6) is 2.59. The summed E-state index contributed by atoms with van der Waals surface area (Å²) >= 11 is 0. The molecule has 1 aliphatic carbocycles. The lowest BCUT2D eigenvalue weighted by atomic mass is 9.81. The van der Waals surface area contributed by atoms with Gasteiger partial charge in [-0.3, -0.25) is 0 Å². The summed E-state index contributed by atoms with van der Waals surface area (Å²) < 4.78 is 0. The van der Waals surface area contributed by atoms with E-state index >= 15 is 0 Å². The largest absolute Gasteiger partial charge is 0.373 e. The molecule has 2 nitrogen and oxygen atoms in total. The van der Waals surface area contributed by atoms with Crippen LogP contribution >= 0.6 is 0 Å². The maximum Gasteiger partial charge on any atom is 0.0362 e. The van der Waals surface area contributed by atoms with Crippen molar-refractivity contribution in [2.24, 2.45) is 17.8 Å². The monoisotopic (exact) mass is 326 g/mol. The third-order valence-corrected chi connectivity index (χ3v) is 6.22. The summed E-state index contributed by atoms with van der Waals surface area (Å²) in [6.07, 6.45) is 19.1. The molecule has 0 N–H and O–H groups in total. The van der Waals surface area contributed by atoms with Crippen molar-refractivity contribution in [3.8, 4) is 0 Å². The van der Waals surface area contributed by atoms with Crippen LogP contribution in [0.25, 0.3) is 0 Å². The van der Waals surface area contributed by atoms with Gasteiger partial charge in [0.2, 0.25) is 0 Å². The number of likely N-dealkylation sites (tertiary alicyclic amines) is 1. The molecule has 0 unspecified atom stereocenters. The summed E-state index contributed by atoms with van der Waals surface area (Å²) in [5.41, 5.74) is 1.26. The SMILES string of the molecule is C=CC1=CCN(CC2CCC(CN3CCC(C=C)CC3)CC2)C=C1. The van der Waals surface area contributed by atoms with Crippen molar-refractivity contribution in [3.05, 3.63) is 49.2 Å². The Bertz CT molecular complexity index is 474.